The molecule has 1 amide bonds. The van der Waals surface area contributed by atoms with E-state index in [1.54, 1.807) is 6.07 Å². The van der Waals surface area contributed by atoms with Gasteiger partial charge in [-0.1, -0.05) is 42.0 Å². The van der Waals surface area contributed by atoms with Crippen LogP contribution in [0.3, 0.4) is 0 Å². The number of aryl methyl sites for hydroxylation is 3. The lowest BCUT2D eigenvalue weighted by Gasteiger charge is -2.26. The molecule has 0 spiro atoms. The molecule has 3 rings (SSSR count). The van der Waals surface area contributed by atoms with Gasteiger partial charge in [0.2, 0.25) is 0 Å². The lowest BCUT2D eigenvalue weighted by molar-refractivity contribution is -0.125. The van der Waals surface area contributed by atoms with Crippen LogP contribution in [-0.4, -0.2) is 18.5 Å². The SMILES string of the molecule is Cc1ccc(C(=O)OCC(=O)N[C@@H]2CCCc3ccccc32)c(C)c1. The smallest absolute Gasteiger partial charge is 0.338 e. The van der Waals surface area contributed by atoms with E-state index >= 15 is 0 Å². The van der Waals surface area contributed by atoms with Gasteiger partial charge >= 0.3 is 5.97 Å². The summed E-state index contributed by atoms with van der Waals surface area (Å²) in [4.78, 5) is 24.4. The van der Waals surface area contributed by atoms with Crippen LogP contribution in [0.25, 0.3) is 0 Å². The highest BCUT2D eigenvalue weighted by molar-refractivity contribution is 5.92. The fourth-order valence-corrected chi connectivity index (χ4v) is 3.39. The summed E-state index contributed by atoms with van der Waals surface area (Å²) in [7, 11) is 0. The van der Waals surface area contributed by atoms with Gasteiger partial charge < -0.3 is 10.1 Å². The molecule has 1 atom stereocenters. The van der Waals surface area contributed by atoms with Crippen molar-refractivity contribution in [2.24, 2.45) is 0 Å². The van der Waals surface area contributed by atoms with Crippen molar-refractivity contribution in [2.45, 2.75) is 39.2 Å². The second-order valence-corrected chi connectivity index (χ2v) is 6.61. The Labute approximate surface area is 148 Å². The number of carbonyl (C=O) groups is 2. The average Bonchev–Trinajstić information content (AvgIpc) is 2.60. The van der Waals surface area contributed by atoms with Crippen LogP contribution < -0.4 is 5.32 Å². The number of fused-ring (bicyclic) bond motifs is 1. The van der Waals surface area contributed by atoms with E-state index in [4.69, 9.17) is 4.74 Å². The molecule has 2 aromatic carbocycles. The molecule has 0 saturated carbocycles. The summed E-state index contributed by atoms with van der Waals surface area (Å²) in [5, 5.41) is 2.99. The third-order valence-electron chi connectivity index (χ3n) is 4.64. The Bertz CT molecular complexity index is 797. The lowest BCUT2D eigenvalue weighted by atomic mass is 9.88. The zero-order chi connectivity index (χ0) is 17.8. The van der Waals surface area contributed by atoms with E-state index in [0.29, 0.717) is 5.56 Å². The molecule has 0 saturated heterocycles. The summed E-state index contributed by atoms with van der Waals surface area (Å²) in [5.74, 6) is -0.725. The summed E-state index contributed by atoms with van der Waals surface area (Å²) in [6, 6.07) is 13.7. The Morgan fingerprint density at radius 1 is 1.16 bits per heavy atom. The molecule has 2 aromatic rings. The fraction of sp³-hybridized carbons (Fsp3) is 0.333. The predicted molar refractivity (Wildman–Crippen MR) is 96.5 cm³/mol. The molecular formula is C21H23NO3. The molecular weight excluding hydrogens is 314 g/mol. The minimum Gasteiger partial charge on any atom is -0.452 e. The van der Waals surface area contributed by atoms with Gasteiger partial charge in [-0.3, -0.25) is 4.79 Å². The molecule has 4 nitrogen and oxygen atoms in total. The molecule has 1 aliphatic rings. The van der Waals surface area contributed by atoms with Crippen molar-refractivity contribution < 1.29 is 14.3 Å². The van der Waals surface area contributed by atoms with Gasteiger partial charge in [-0.25, -0.2) is 4.79 Å². The Morgan fingerprint density at radius 2 is 1.96 bits per heavy atom. The van der Waals surface area contributed by atoms with Crippen molar-refractivity contribution >= 4 is 11.9 Å². The van der Waals surface area contributed by atoms with Crippen molar-refractivity contribution in [3.8, 4) is 0 Å². The molecule has 4 heteroatoms. The topological polar surface area (TPSA) is 55.4 Å². The van der Waals surface area contributed by atoms with E-state index in [9.17, 15) is 9.59 Å². The second-order valence-electron chi connectivity index (χ2n) is 6.61. The van der Waals surface area contributed by atoms with Gasteiger partial charge in [0.1, 0.15) is 0 Å². The van der Waals surface area contributed by atoms with Gasteiger partial charge in [0.15, 0.2) is 6.61 Å². The first kappa shape index (κ1) is 17.2. The Morgan fingerprint density at radius 3 is 2.76 bits per heavy atom. The van der Waals surface area contributed by atoms with Crippen LogP contribution in [0, 0.1) is 13.8 Å². The van der Waals surface area contributed by atoms with Gasteiger partial charge in [-0.05, 0) is 55.9 Å². The fourth-order valence-electron chi connectivity index (χ4n) is 3.39. The third-order valence-corrected chi connectivity index (χ3v) is 4.64. The molecule has 1 N–H and O–H groups in total. The summed E-state index contributed by atoms with van der Waals surface area (Å²) in [5.41, 5.74) is 4.89. The third kappa shape index (κ3) is 4.08. The molecule has 0 radical (unpaired) electrons. The second kappa shape index (κ2) is 7.51. The minimum absolute atomic E-state index is 0.00253. The molecule has 0 unspecified atom stereocenters. The molecule has 0 bridgehead atoms. The van der Waals surface area contributed by atoms with Gasteiger partial charge in [0.25, 0.3) is 5.91 Å². The number of amides is 1. The van der Waals surface area contributed by atoms with Crippen molar-refractivity contribution in [3.05, 3.63) is 70.3 Å². The monoisotopic (exact) mass is 337 g/mol. The zero-order valence-corrected chi connectivity index (χ0v) is 14.7. The number of hydrogen-bond donors (Lipinski definition) is 1. The van der Waals surface area contributed by atoms with E-state index < -0.39 is 5.97 Å². The van der Waals surface area contributed by atoms with Crippen LogP contribution in [-0.2, 0) is 16.0 Å². The summed E-state index contributed by atoms with van der Waals surface area (Å²) in [6.07, 6.45) is 3.00. The van der Waals surface area contributed by atoms with Crippen LogP contribution >= 0.6 is 0 Å². The molecule has 0 aromatic heterocycles. The summed E-state index contributed by atoms with van der Waals surface area (Å²) < 4.78 is 5.19. The predicted octanol–water partition coefficient (Wildman–Crippen LogP) is 3.65. The van der Waals surface area contributed by atoms with E-state index in [0.717, 1.165) is 30.4 Å². The minimum atomic E-state index is -0.461. The Balaban J connectivity index is 1.58. The number of esters is 1. The van der Waals surface area contributed by atoms with Gasteiger partial charge in [-0.2, -0.15) is 0 Å². The molecule has 0 heterocycles. The summed E-state index contributed by atoms with van der Waals surface area (Å²) >= 11 is 0. The summed E-state index contributed by atoms with van der Waals surface area (Å²) in [6.45, 7) is 3.57. The molecule has 0 aliphatic heterocycles. The number of carbonyl (C=O) groups excluding carboxylic acids is 2. The van der Waals surface area contributed by atoms with E-state index in [1.807, 2.05) is 38.1 Å². The number of ether oxygens (including phenoxy) is 1. The Kier molecular flexibility index (Phi) is 5.17. The van der Waals surface area contributed by atoms with Crippen LogP contribution in [0.5, 0.6) is 0 Å². The van der Waals surface area contributed by atoms with Crippen molar-refractivity contribution in [3.63, 3.8) is 0 Å². The largest absolute Gasteiger partial charge is 0.452 e. The average molecular weight is 337 g/mol. The maximum Gasteiger partial charge on any atom is 0.338 e. The van der Waals surface area contributed by atoms with E-state index in [2.05, 4.69) is 17.4 Å². The first-order valence-corrected chi connectivity index (χ1v) is 8.66. The molecule has 25 heavy (non-hydrogen) atoms. The normalized spacial score (nSPS) is 16.0. The lowest BCUT2D eigenvalue weighted by Crippen LogP contribution is -2.34. The zero-order valence-electron chi connectivity index (χ0n) is 14.7. The van der Waals surface area contributed by atoms with Gasteiger partial charge in [-0.15, -0.1) is 0 Å². The molecule has 0 fully saturated rings. The Hall–Kier alpha value is -2.62. The van der Waals surface area contributed by atoms with Crippen molar-refractivity contribution in [1.82, 2.24) is 5.32 Å². The van der Waals surface area contributed by atoms with Gasteiger partial charge in [0.05, 0.1) is 11.6 Å². The maximum absolute atomic E-state index is 12.2. The van der Waals surface area contributed by atoms with E-state index in [-0.39, 0.29) is 18.6 Å². The van der Waals surface area contributed by atoms with Gasteiger partial charge in [0, 0.05) is 0 Å². The molecule has 130 valence electrons. The number of benzene rings is 2. The van der Waals surface area contributed by atoms with Crippen LogP contribution in [0.1, 0.15) is 51.5 Å². The number of rotatable bonds is 4. The van der Waals surface area contributed by atoms with Crippen LogP contribution in [0.15, 0.2) is 42.5 Å². The van der Waals surface area contributed by atoms with E-state index in [1.165, 1.54) is 11.1 Å². The van der Waals surface area contributed by atoms with Crippen molar-refractivity contribution in [1.29, 1.82) is 0 Å². The standard InChI is InChI=1S/C21H23NO3/c1-14-10-11-17(15(2)12-14)21(24)25-13-20(23)22-19-9-5-7-16-6-3-4-8-18(16)19/h3-4,6,8,10-12,19H,5,7,9,13H2,1-2H3,(H,22,23)/t19-/m1/s1. The highest BCUT2D eigenvalue weighted by Crippen LogP contribution is 2.29. The van der Waals surface area contributed by atoms with Crippen LogP contribution in [0.2, 0.25) is 0 Å². The first-order chi connectivity index (χ1) is 12.0. The van der Waals surface area contributed by atoms with Crippen molar-refractivity contribution in [2.75, 3.05) is 6.61 Å². The molecule has 1 aliphatic carbocycles. The maximum atomic E-state index is 12.2. The highest BCUT2D eigenvalue weighted by atomic mass is 16.5. The van der Waals surface area contributed by atoms with Crippen LogP contribution in [0.4, 0.5) is 0 Å². The number of nitrogens with one attached hydrogen (secondary N) is 1. The highest BCUT2D eigenvalue weighted by Gasteiger charge is 2.22. The first-order valence-electron chi connectivity index (χ1n) is 8.66. The number of hydrogen-bond acceptors (Lipinski definition) is 3. The quantitative estimate of drug-likeness (QED) is 0.867.